The molecule has 1 atom stereocenters. The van der Waals surface area contributed by atoms with Gasteiger partial charge in [-0.15, -0.1) is 0 Å². The van der Waals surface area contributed by atoms with Crippen LogP contribution in [0, 0.1) is 0 Å². The molecule has 2 aromatic carbocycles. The second kappa shape index (κ2) is 10.8. The summed E-state index contributed by atoms with van der Waals surface area (Å²) < 4.78 is 5.19. The molecule has 2 N–H and O–H groups in total. The summed E-state index contributed by atoms with van der Waals surface area (Å²) in [7, 11) is 0. The number of rotatable bonds is 7. The van der Waals surface area contributed by atoms with E-state index in [0.717, 1.165) is 42.0 Å². The van der Waals surface area contributed by atoms with Crippen LogP contribution in [0.5, 0.6) is 0 Å². The molecule has 1 fully saturated rings. The molecule has 1 aliphatic rings. The van der Waals surface area contributed by atoms with Crippen molar-refractivity contribution in [2.75, 3.05) is 6.54 Å². The monoisotopic (exact) mass is 410 g/mol. The number of hydrogen-bond donors (Lipinski definition) is 2. The number of carbonyl (C=O) groups is 3. The van der Waals surface area contributed by atoms with Gasteiger partial charge in [0.15, 0.2) is 6.10 Å². The van der Waals surface area contributed by atoms with Crippen LogP contribution in [-0.2, 0) is 25.5 Å². The summed E-state index contributed by atoms with van der Waals surface area (Å²) in [6.45, 7) is 1.30. The molecule has 0 radical (unpaired) electrons. The van der Waals surface area contributed by atoms with Crippen LogP contribution in [0.1, 0.15) is 51.0 Å². The third-order valence-corrected chi connectivity index (χ3v) is 5.54. The second-order valence-electron chi connectivity index (χ2n) is 7.92. The van der Waals surface area contributed by atoms with E-state index in [-0.39, 0.29) is 30.8 Å². The minimum Gasteiger partial charge on any atom is -0.451 e. The molecule has 0 aromatic heterocycles. The zero-order chi connectivity index (χ0) is 21.3. The minimum atomic E-state index is -0.879. The lowest BCUT2D eigenvalue weighted by molar-refractivity contribution is -0.154. The fourth-order valence-electron chi connectivity index (χ4n) is 3.89. The molecular weight excluding hydrogens is 380 g/mol. The predicted molar refractivity (Wildman–Crippen MR) is 116 cm³/mol. The lowest BCUT2D eigenvalue weighted by Crippen LogP contribution is -2.43. The van der Waals surface area contributed by atoms with Crippen LogP contribution in [0.4, 0.5) is 0 Å². The molecule has 1 saturated carbocycles. The van der Waals surface area contributed by atoms with E-state index in [2.05, 4.69) is 10.6 Å². The average molecular weight is 411 g/mol. The molecule has 160 valence electrons. The van der Waals surface area contributed by atoms with Crippen LogP contribution in [-0.4, -0.2) is 36.5 Å². The fourth-order valence-corrected chi connectivity index (χ4v) is 3.89. The van der Waals surface area contributed by atoms with Gasteiger partial charge in [0.05, 0.1) is 6.42 Å². The lowest BCUT2D eigenvalue weighted by Gasteiger charge is -2.19. The number of benzene rings is 2. The van der Waals surface area contributed by atoms with Crippen molar-refractivity contribution in [3.05, 3.63) is 48.0 Å². The van der Waals surface area contributed by atoms with Gasteiger partial charge in [-0.2, -0.15) is 0 Å². The Hall–Kier alpha value is -2.89. The standard InChI is InChI=1S/C24H30N2O4/c1-17(24(29)26-20-12-4-2-3-5-13-20)30-23(28)16-25-22(27)15-19-11-8-10-18-9-6-7-14-21(18)19/h6-11,14,17,20H,2-5,12-13,15-16H2,1H3,(H,25,27)(H,26,29)/t17-/m1/s1. The summed E-state index contributed by atoms with van der Waals surface area (Å²) in [5.41, 5.74) is 0.898. The van der Waals surface area contributed by atoms with Gasteiger partial charge in [0.2, 0.25) is 5.91 Å². The minimum absolute atomic E-state index is 0.154. The van der Waals surface area contributed by atoms with Gasteiger partial charge in [0, 0.05) is 6.04 Å². The fraction of sp³-hybridized carbons (Fsp3) is 0.458. The quantitative estimate of drug-likeness (QED) is 0.542. The molecule has 2 aromatic rings. The first-order valence-electron chi connectivity index (χ1n) is 10.8. The molecule has 0 aliphatic heterocycles. The van der Waals surface area contributed by atoms with Gasteiger partial charge >= 0.3 is 5.97 Å². The molecule has 6 nitrogen and oxygen atoms in total. The Morgan fingerprint density at radius 1 is 1.00 bits per heavy atom. The molecule has 30 heavy (non-hydrogen) atoms. The first-order valence-corrected chi connectivity index (χ1v) is 10.8. The van der Waals surface area contributed by atoms with Crippen molar-refractivity contribution in [2.24, 2.45) is 0 Å². The number of amides is 2. The van der Waals surface area contributed by atoms with Crippen molar-refractivity contribution >= 4 is 28.6 Å². The Bertz CT molecular complexity index is 882. The summed E-state index contributed by atoms with van der Waals surface area (Å²) in [6.07, 6.45) is 5.87. The molecule has 6 heteroatoms. The highest BCUT2D eigenvalue weighted by Crippen LogP contribution is 2.19. The highest BCUT2D eigenvalue weighted by atomic mass is 16.5. The highest BCUT2D eigenvalue weighted by molar-refractivity contribution is 5.91. The Morgan fingerprint density at radius 3 is 2.47 bits per heavy atom. The molecule has 0 heterocycles. The SMILES string of the molecule is C[C@@H](OC(=O)CNC(=O)Cc1cccc2ccccc12)C(=O)NC1CCCCCC1. The maximum Gasteiger partial charge on any atom is 0.326 e. The Kier molecular flexibility index (Phi) is 7.82. The maximum atomic E-state index is 12.3. The smallest absolute Gasteiger partial charge is 0.326 e. The average Bonchev–Trinajstić information content (AvgIpc) is 3.01. The topological polar surface area (TPSA) is 84.5 Å². The number of ether oxygens (including phenoxy) is 1. The molecule has 0 spiro atoms. The van der Waals surface area contributed by atoms with Crippen molar-refractivity contribution in [3.63, 3.8) is 0 Å². The van der Waals surface area contributed by atoms with Crippen LogP contribution in [0.3, 0.4) is 0 Å². The summed E-state index contributed by atoms with van der Waals surface area (Å²) in [5, 5.41) is 7.64. The van der Waals surface area contributed by atoms with Gasteiger partial charge in [-0.05, 0) is 36.1 Å². The van der Waals surface area contributed by atoms with E-state index in [4.69, 9.17) is 4.74 Å². The van der Waals surface area contributed by atoms with Crippen molar-refractivity contribution in [3.8, 4) is 0 Å². The van der Waals surface area contributed by atoms with Crippen molar-refractivity contribution in [2.45, 2.75) is 64.0 Å². The van der Waals surface area contributed by atoms with Crippen molar-refractivity contribution in [1.82, 2.24) is 10.6 Å². The Labute approximate surface area is 177 Å². The lowest BCUT2D eigenvalue weighted by atomic mass is 10.0. The Morgan fingerprint density at radius 2 is 1.70 bits per heavy atom. The van der Waals surface area contributed by atoms with E-state index in [1.807, 2.05) is 42.5 Å². The highest BCUT2D eigenvalue weighted by Gasteiger charge is 2.22. The maximum absolute atomic E-state index is 12.3. The van der Waals surface area contributed by atoms with Gasteiger partial charge in [-0.1, -0.05) is 68.1 Å². The van der Waals surface area contributed by atoms with E-state index in [0.29, 0.717) is 0 Å². The molecule has 3 rings (SSSR count). The number of hydrogen-bond acceptors (Lipinski definition) is 4. The van der Waals surface area contributed by atoms with E-state index in [1.165, 1.54) is 12.8 Å². The zero-order valence-corrected chi connectivity index (χ0v) is 17.5. The van der Waals surface area contributed by atoms with Crippen LogP contribution >= 0.6 is 0 Å². The summed E-state index contributed by atoms with van der Waals surface area (Å²) in [5.74, 6) is -1.17. The third kappa shape index (κ3) is 6.31. The zero-order valence-electron chi connectivity index (χ0n) is 17.5. The van der Waals surface area contributed by atoms with Gasteiger partial charge in [-0.25, -0.2) is 0 Å². The van der Waals surface area contributed by atoms with Gasteiger partial charge in [-0.3, -0.25) is 14.4 Å². The van der Waals surface area contributed by atoms with E-state index in [1.54, 1.807) is 6.92 Å². The van der Waals surface area contributed by atoms with Crippen LogP contribution in [0.25, 0.3) is 10.8 Å². The van der Waals surface area contributed by atoms with Crippen LogP contribution in [0.15, 0.2) is 42.5 Å². The largest absolute Gasteiger partial charge is 0.451 e. The second-order valence-corrected chi connectivity index (χ2v) is 7.92. The summed E-state index contributed by atoms with van der Waals surface area (Å²) in [4.78, 5) is 36.6. The third-order valence-electron chi connectivity index (χ3n) is 5.54. The molecule has 0 unspecified atom stereocenters. The van der Waals surface area contributed by atoms with Gasteiger partial charge in [0.25, 0.3) is 5.91 Å². The van der Waals surface area contributed by atoms with Gasteiger partial charge in [0.1, 0.15) is 6.54 Å². The first-order chi connectivity index (χ1) is 14.5. The van der Waals surface area contributed by atoms with E-state index < -0.39 is 12.1 Å². The number of fused-ring (bicyclic) bond motifs is 1. The molecule has 0 saturated heterocycles. The molecule has 0 bridgehead atoms. The molecule has 1 aliphatic carbocycles. The number of nitrogens with one attached hydrogen (secondary N) is 2. The molecular formula is C24H30N2O4. The van der Waals surface area contributed by atoms with Crippen LogP contribution < -0.4 is 10.6 Å². The Balaban J connectivity index is 1.43. The van der Waals surface area contributed by atoms with Crippen molar-refractivity contribution in [1.29, 1.82) is 0 Å². The van der Waals surface area contributed by atoms with E-state index >= 15 is 0 Å². The summed E-state index contributed by atoms with van der Waals surface area (Å²) >= 11 is 0. The van der Waals surface area contributed by atoms with Gasteiger partial charge < -0.3 is 15.4 Å². The van der Waals surface area contributed by atoms with Crippen molar-refractivity contribution < 1.29 is 19.1 Å². The number of carbonyl (C=O) groups excluding carboxylic acids is 3. The normalized spacial score (nSPS) is 15.8. The van der Waals surface area contributed by atoms with E-state index in [9.17, 15) is 14.4 Å². The first kappa shape index (κ1) is 21.8. The predicted octanol–water partition coefficient (Wildman–Crippen LogP) is 3.27. The summed E-state index contributed by atoms with van der Waals surface area (Å²) in [6, 6.07) is 13.8. The number of esters is 1. The van der Waals surface area contributed by atoms with Crippen LogP contribution in [0.2, 0.25) is 0 Å². The molecule has 2 amide bonds.